The third-order valence-electron chi connectivity index (χ3n) is 6.49. The van der Waals surface area contributed by atoms with Gasteiger partial charge in [-0.15, -0.1) is 6.58 Å². The molecular formula is C26H32Cl2N2O. The maximum atomic E-state index is 14.0. The van der Waals surface area contributed by atoms with Crippen LogP contribution in [-0.4, -0.2) is 30.4 Å². The number of nitrogens with one attached hydrogen (secondary N) is 1. The monoisotopic (exact) mass is 458 g/mol. The summed E-state index contributed by atoms with van der Waals surface area (Å²) in [6.45, 7) is 8.89. The minimum atomic E-state index is -0.515. The Kier molecular flexibility index (Phi) is 7.85. The molecule has 5 heteroatoms. The van der Waals surface area contributed by atoms with E-state index >= 15 is 0 Å². The van der Waals surface area contributed by atoms with Gasteiger partial charge in [0.15, 0.2) is 0 Å². The number of carbonyl (C=O) groups excluding carboxylic acids is 1. The number of rotatable bonds is 8. The van der Waals surface area contributed by atoms with Gasteiger partial charge in [0.05, 0.1) is 11.5 Å². The van der Waals surface area contributed by atoms with E-state index in [1.165, 1.54) is 0 Å². The smallest absolute Gasteiger partial charge is 0.229 e. The Balaban J connectivity index is 2.21. The highest BCUT2D eigenvalue weighted by molar-refractivity contribution is 6.30. The second-order valence-electron chi connectivity index (χ2n) is 8.75. The minimum absolute atomic E-state index is 0.0734. The Morgan fingerprint density at radius 3 is 2.48 bits per heavy atom. The molecule has 1 amide bonds. The lowest BCUT2D eigenvalue weighted by molar-refractivity contribution is -0.154. The molecule has 4 atom stereocenters. The summed E-state index contributed by atoms with van der Waals surface area (Å²) in [6, 6.07) is 15.9. The topological polar surface area (TPSA) is 32.3 Å². The van der Waals surface area contributed by atoms with Gasteiger partial charge in [-0.3, -0.25) is 4.79 Å². The van der Waals surface area contributed by atoms with Crippen molar-refractivity contribution in [2.24, 2.45) is 5.41 Å². The highest BCUT2D eigenvalue weighted by Gasteiger charge is 2.50. The predicted octanol–water partition coefficient (Wildman–Crippen LogP) is 6.63. The number of hydrogen-bond acceptors (Lipinski definition) is 2. The van der Waals surface area contributed by atoms with E-state index < -0.39 is 5.41 Å². The van der Waals surface area contributed by atoms with Gasteiger partial charge in [-0.05, 0) is 61.7 Å². The summed E-state index contributed by atoms with van der Waals surface area (Å²) in [4.78, 5) is 16.1. The summed E-state index contributed by atoms with van der Waals surface area (Å²) < 4.78 is 0. The highest BCUT2D eigenvalue weighted by Crippen LogP contribution is 2.52. The molecule has 2 aromatic rings. The summed E-state index contributed by atoms with van der Waals surface area (Å²) in [5.74, 6) is 0.293. The zero-order valence-corrected chi connectivity index (χ0v) is 20.1. The molecule has 0 saturated carbocycles. The van der Waals surface area contributed by atoms with Gasteiger partial charge >= 0.3 is 0 Å². The Morgan fingerprint density at radius 1 is 1.19 bits per heavy atom. The van der Waals surface area contributed by atoms with Crippen molar-refractivity contribution in [1.29, 1.82) is 0 Å². The first-order chi connectivity index (χ1) is 14.8. The summed E-state index contributed by atoms with van der Waals surface area (Å²) in [5, 5.41) is 4.69. The Hall–Kier alpha value is -1.81. The maximum absolute atomic E-state index is 14.0. The van der Waals surface area contributed by atoms with Crippen molar-refractivity contribution in [1.82, 2.24) is 10.2 Å². The van der Waals surface area contributed by atoms with Crippen molar-refractivity contribution in [3.63, 3.8) is 0 Å². The van der Waals surface area contributed by atoms with Crippen molar-refractivity contribution in [3.8, 4) is 0 Å². The molecular weight excluding hydrogens is 427 g/mol. The number of allylic oxidation sites excluding steroid dienone is 1. The summed E-state index contributed by atoms with van der Waals surface area (Å²) in [6.07, 6.45) is 4.11. The number of likely N-dealkylation sites (N-methyl/N-ethyl adjacent to an activating group) is 1. The molecule has 1 saturated heterocycles. The standard InChI is InChI=1S/C26H32Cl2N2O/c1-5-14-26(3)16-23(19-8-7-9-21(28)15-19)24(18-10-12-20(27)13-11-18)30(25(26)31)22(6-2)17-29-4/h5,7-13,15,22-24,29H,1,6,14,16-17H2,2-4H3/t22?,23-,24-,26+/m1/s1. The zero-order chi connectivity index (χ0) is 22.6. The molecule has 1 N–H and O–H groups in total. The molecule has 1 aliphatic rings. The van der Waals surface area contributed by atoms with Crippen molar-refractivity contribution < 1.29 is 4.79 Å². The second kappa shape index (κ2) is 10.2. The molecule has 31 heavy (non-hydrogen) atoms. The fourth-order valence-electron chi connectivity index (χ4n) is 4.96. The first-order valence-corrected chi connectivity index (χ1v) is 11.7. The van der Waals surface area contributed by atoms with E-state index in [0.29, 0.717) is 16.5 Å². The van der Waals surface area contributed by atoms with E-state index in [4.69, 9.17) is 23.2 Å². The van der Waals surface area contributed by atoms with Crippen LogP contribution in [0.3, 0.4) is 0 Å². The average molecular weight is 459 g/mol. The van der Waals surface area contributed by atoms with Crippen LogP contribution in [0.25, 0.3) is 0 Å². The number of benzene rings is 2. The van der Waals surface area contributed by atoms with Gasteiger partial charge in [0.25, 0.3) is 0 Å². The van der Waals surface area contributed by atoms with Gasteiger partial charge in [0.2, 0.25) is 5.91 Å². The lowest BCUT2D eigenvalue weighted by atomic mass is 9.67. The largest absolute Gasteiger partial charge is 0.330 e. The van der Waals surface area contributed by atoms with Crippen molar-refractivity contribution in [3.05, 3.63) is 82.4 Å². The van der Waals surface area contributed by atoms with Gasteiger partial charge in [-0.1, -0.05) is 67.4 Å². The van der Waals surface area contributed by atoms with Crippen LogP contribution in [0, 0.1) is 5.41 Å². The predicted molar refractivity (Wildman–Crippen MR) is 131 cm³/mol. The quantitative estimate of drug-likeness (QED) is 0.450. The molecule has 166 valence electrons. The number of halogens is 2. The van der Waals surface area contributed by atoms with E-state index in [1.807, 2.05) is 55.6 Å². The summed E-state index contributed by atoms with van der Waals surface area (Å²) in [7, 11) is 1.94. The van der Waals surface area contributed by atoms with Crippen LogP contribution in [0.4, 0.5) is 0 Å². The number of carbonyl (C=O) groups is 1. The first-order valence-electron chi connectivity index (χ1n) is 10.9. The molecule has 0 spiro atoms. The van der Waals surface area contributed by atoms with E-state index in [9.17, 15) is 4.79 Å². The minimum Gasteiger partial charge on any atom is -0.330 e. The molecule has 0 bridgehead atoms. The lowest BCUT2D eigenvalue weighted by Crippen LogP contribution is -2.57. The zero-order valence-electron chi connectivity index (χ0n) is 18.6. The number of likely N-dealkylation sites (tertiary alicyclic amines) is 1. The number of nitrogens with zero attached hydrogens (tertiary/aromatic N) is 1. The van der Waals surface area contributed by atoms with Gasteiger partial charge < -0.3 is 10.2 Å². The molecule has 1 fully saturated rings. The van der Waals surface area contributed by atoms with Crippen LogP contribution in [-0.2, 0) is 4.79 Å². The number of amides is 1. The molecule has 0 aromatic heterocycles. The Labute approximate surface area is 196 Å². The van der Waals surface area contributed by atoms with Gasteiger partial charge in [-0.2, -0.15) is 0 Å². The first kappa shape index (κ1) is 23.8. The number of piperidine rings is 1. The lowest BCUT2D eigenvalue weighted by Gasteiger charge is -2.52. The molecule has 1 unspecified atom stereocenters. The molecule has 1 aliphatic heterocycles. The van der Waals surface area contributed by atoms with Crippen molar-refractivity contribution in [2.45, 2.75) is 51.1 Å². The Bertz CT molecular complexity index is 914. The van der Waals surface area contributed by atoms with Gasteiger partial charge in [0.1, 0.15) is 0 Å². The second-order valence-corrected chi connectivity index (χ2v) is 9.62. The van der Waals surface area contributed by atoms with E-state index in [0.717, 1.165) is 30.5 Å². The molecule has 3 rings (SSSR count). The fourth-order valence-corrected chi connectivity index (χ4v) is 5.29. The van der Waals surface area contributed by atoms with Crippen LogP contribution < -0.4 is 5.32 Å². The van der Waals surface area contributed by atoms with Crippen LogP contribution in [0.2, 0.25) is 10.0 Å². The van der Waals surface area contributed by atoms with Gasteiger partial charge in [-0.25, -0.2) is 0 Å². The van der Waals surface area contributed by atoms with Crippen LogP contribution >= 0.6 is 23.2 Å². The van der Waals surface area contributed by atoms with Crippen molar-refractivity contribution >= 4 is 29.1 Å². The Morgan fingerprint density at radius 2 is 1.90 bits per heavy atom. The fraction of sp³-hybridized carbons (Fsp3) is 0.423. The summed E-state index contributed by atoms with van der Waals surface area (Å²) >= 11 is 12.6. The third-order valence-corrected chi connectivity index (χ3v) is 6.98. The number of hydrogen-bond donors (Lipinski definition) is 1. The SMILES string of the molecule is C=CC[C@@]1(C)C[C@H](c2cccc(Cl)c2)[C@@H](c2ccc(Cl)cc2)N(C(CC)CNC)C1=O. The van der Waals surface area contributed by atoms with E-state index in [-0.39, 0.29) is 23.9 Å². The van der Waals surface area contributed by atoms with Gasteiger partial charge in [0, 0.05) is 28.5 Å². The molecule has 0 aliphatic carbocycles. The third kappa shape index (κ3) is 5.00. The van der Waals surface area contributed by atoms with E-state index in [1.54, 1.807) is 0 Å². The molecule has 3 nitrogen and oxygen atoms in total. The average Bonchev–Trinajstić information content (AvgIpc) is 2.75. The van der Waals surface area contributed by atoms with E-state index in [2.05, 4.69) is 36.7 Å². The van der Waals surface area contributed by atoms with Crippen LogP contribution in [0.5, 0.6) is 0 Å². The van der Waals surface area contributed by atoms with Crippen LogP contribution in [0.15, 0.2) is 61.2 Å². The van der Waals surface area contributed by atoms with Crippen molar-refractivity contribution in [2.75, 3.05) is 13.6 Å². The molecule has 0 radical (unpaired) electrons. The normalized spacial score (nSPS) is 24.8. The molecule has 2 aromatic carbocycles. The maximum Gasteiger partial charge on any atom is 0.229 e. The summed E-state index contributed by atoms with van der Waals surface area (Å²) in [5.41, 5.74) is 1.73. The van der Waals surface area contributed by atoms with Crippen LogP contribution in [0.1, 0.15) is 56.2 Å². The molecule has 1 heterocycles. The highest BCUT2D eigenvalue weighted by atomic mass is 35.5.